The first-order valence-corrected chi connectivity index (χ1v) is 9.99. The van der Waals surface area contributed by atoms with E-state index in [4.69, 9.17) is 4.99 Å². The number of hydrogen-bond donors (Lipinski definition) is 1. The average Bonchev–Trinajstić information content (AvgIpc) is 2.94. The number of nitro groups is 1. The fourth-order valence-corrected chi connectivity index (χ4v) is 3.68. The maximum atomic E-state index is 12.5. The number of carbonyl (C=O) groups excluding carboxylic acids is 1. The predicted molar refractivity (Wildman–Crippen MR) is 121 cm³/mol. The second-order valence-electron chi connectivity index (χ2n) is 7.35. The molecule has 1 heterocycles. The molecule has 3 aromatic carbocycles. The zero-order valence-electron chi connectivity index (χ0n) is 17.1. The van der Waals surface area contributed by atoms with Gasteiger partial charge >= 0.3 is 0 Å². The number of carbonyl (C=O) groups is 1. The van der Waals surface area contributed by atoms with Crippen LogP contribution in [0.1, 0.15) is 21.5 Å². The molecule has 0 fully saturated rings. The largest absolute Gasteiger partial charge is 0.367 e. The van der Waals surface area contributed by atoms with Gasteiger partial charge < -0.3 is 10.2 Å². The number of nitro benzene ring substituents is 1. The van der Waals surface area contributed by atoms with Crippen molar-refractivity contribution in [1.82, 2.24) is 5.32 Å². The number of hydrogen-bond acceptors (Lipinski definition) is 5. The summed E-state index contributed by atoms with van der Waals surface area (Å²) in [7, 11) is 1.92. The molecule has 0 spiro atoms. The van der Waals surface area contributed by atoms with E-state index >= 15 is 0 Å². The van der Waals surface area contributed by atoms with Crippen molar-refractivity contribution in [2.45, 2.75) is 6.04 Å². The van der Waals surface area contributed by atoms with Crippen LogP contribution in [-0.2, 0) is 0 Å². The first-order chi connectivity index (χ1) is 15.0. The Morgan fingerprint density at radius 3 is 2.45 bits per heavy atom. The lowest BCUT2D eigenvalue weighted by Crippen LogP contribution is -2.43. The lowest BCUT2D eigenvalue weighted by Gasteiger charge is -2.28. The molecule has 7 heteroatoms. The SMILES string of the molecule is CN1c2ccc([N+](=O)[O-])cc2C(c2ccccc2)=NCC1CNC(=O)c1ccccc1. The summed E-state index contributed by atoms with van der Waals surface area (Å²) in [6.45, 7) is 0.838. The van der Waals surface area contributed by atoms with Crippen molar-refractivity contribution in [2.24, 2.45) is 4.99 Å². The number of likely N-dealkylation sites (N-methyl/N-ethyl adjacent to an activating group) is 1. The summed E-state index contributed by atoms with van der Waals surface area (Å²) >= 11 is 0. The fourth-order valence-electron chi connectivity index (χ4n) is 3.68. The first kappa shape index (κ1) is 20.3. The highest BCUT2D eigenvalue weighted by Gasteiger charge is 2.26. The van der Waals surface area contributed by atoms with E-state index in [9.17, 15) is 14.9 Å². The van der Waals surface area contributed by atoms with Crippen LogP contribution < -0.4 is 10.2 Å². The smallest absolute Gasteiger partial charge is 0.270 e. The Hall–Kier alpha value is -4.00. The maximum Gasteiger partial charge on any atom is 0.270 e. The number of benzodiazepines with no additional fused rings is 1. The number of anilines is 1. The summed E-state index contributed by atoms with van der Waals surface area (Å²) in [6.07, 6.45) is 0. The van der Waals surface area contributed by atoms with Gasteiger partial charge in [-0.1, -0.05) is 48.5 Å². The van der Waals surface area contributed by atoms with Crippen LogP contribution in [0.4, 0.5) is 11.4 Å². The summed E-state index contributed by atoms with van der Waals surface area (Å²) in [5.41, 5.74) is 3.77. The minimum absolute atomic E-state index is 0.0200. The minimum Gasteiger partial charge on any atom is -0.367 e. The molecule has 0 saturated carbocycles. The first-order valence-electron chi connectivity index (χ1n) is 9.99. The molecule has 1 atom stereocenters. The number of fused-ring (bicyclic) bond motifs is 1. The van der Waals surface area contributed by atoms with Crippen LogP contribution in [0.5, 0.6) is 0 Å². The molecule has 0 aromatic heterocycles. The van der Waals surface area contributed by atoms with Gasteiger partial charge in [0.15, 0.2) is 0 Å². The van der Waals surface area contributed by atoms with Gasteiger partial charge in [-0.05, 0) is 18.2 Å². The predicted octanol–water partition coefficient (Wildman–Crippen LogP) is 3.68. The van der Waals surface area contributed by atoms with Crippen molar-refractivity contribution in [3.05, 3.63) is 106 Å². The minimum atomic E-state index is -0.397. The molecule has 0 aliphatic carbocycles. The monoisotopic (exact) mass is 414 g/mol. The Labute approximate surface area is 180 Å². The Bertz CT molecular complexity index is 1130. The molecule has 0 saturated heterocycles. The molecular formula is C24H22N4O3. The van der Waals surface area contributed by atoms with Gasteiger partial charge in [-0.3, -0.25) is 19.9 Å². The molecule has 0 bridgehead atoms. The van der Waals surface area contributed by atoms with E-state index in [0.29, 0.717) is 29.9 Å². The number of rotatable bonds is 5. The van der Waals surface area contributed by atoms with Crippen LogP contribution in [0.3, 0.4) is 0 Å². The van der Waals surface area contributed by atoms with Crippen LogP contribution in [0.15, 0.2) is 83.9 Å². The van der Waals surface area contributed by atoms with Crippen LogP contribution in [0, 0.1) is 10.1 Å². The molecule has 0 radical (unpaired) electrons. The Morgan fingerprint density at radius 2 is 1.77 bits per heavy atom. The Morgan fingerprint density at radius 1 is 1.10 bits per heavy atom. The topological polar surface area (TPSA) is 87.8 Å². The van der Waals surface area contributed by atoms with Gasteiger partial charge in [0.05, 0.1) is 23.2 Å². The van der Waals surface area contributed by atoms with E-state index in [1.165, 1.54) is 6.07 Å². The molecule has 1 aliphatic heterocycles. The summed E-state index contributed by atoms with van der Waals surface area (Å²) in [5.74, 6) is -0.144. The van der Waals surface area contributed by atoms with E-state index in [1.54, 1.807) is 24.3 Å². The molecule has 1 aliphatic rings. The highest BCUT2D eigenvalue weighted by atomic mass is 16.6. The average molecular weight is 414 g/mol. The molecule has 4 rings (SSSR count). The Kier molecular flexibility index (Phi) is 5.75. The maximum absolute atomic E-state index is 12.5. The van der Waals surface area contributed by atoms with Crippen molar-refractivity contribution in [3.63, 3.8) is 0 Å². The Balaban J connectivity index is 1.66. The molecule has 1 N–H and O–H groups in total. The van der Waals surface area contributed by atoms with E-state index in [2.05, 4.69) is 5.32 Å². The number of non-ortho nitro benzene ring substituents is 1. The number of amides is 1. The van der Waals surface area contributed by atoms with Crippen molar-refractivity contribution < 1.29 is 9.72 Å². The van der Waals surface area contributed by atoms with Gasteiger partial charge in [0, 0.05) is 48.1 Å². The second-order valence-corrected chi connectivity index (χ2v) is 7.35. The third kappa shape index (κ3) is 4.30. The summed E-state index contributed by atoms with van der Waals surface area (Å²) in [6, 6.07) is 23.4. The quantitative estimate of drug-likeness (QED) is 0.510. The molecule has 7 nitrogen and oxygen atoms in total. The lowest BCUT2D eigenvalue weighted by atomic mass is 9.99. The van der Waals surface area contributed by atoms with Gasteiger partial charge in [-0.2, -0.15) is 0 Å². The zero-order valence-corrected chi connectivity index (χ0v) is 17.1. The van der Waals surface area contributed by atoms with Crippen LogP contribution >= 0.6 is 0 Å². The van der Waals surface area contributed by atoms with Crippen molar-refractivity contribution >= 4 is 23.0 Å². The summed E-state index contributed by atoms with van der Waals surface area (Å²) in [5, 5.41) is 14.4. The van der Waals surface area contributed by atoms with Crippen LogP contribution in [-0.4, -0.2) is 42.7 Å². The molecule has 1 amide bonds. The molecule has 31 heavy (non-hydrogen) atoms. The van der Waals surface area contributed by atoms with Gasteiger partial charge in [-0.15, -0.1) is 0 Å². The van der Waals surface area contributed by atoms with E-state index < -0.39 is 4.92 Å². The van der Waals surface area contributed by atoms with Gasteiger partial charge in [0.1, 0.15) is 0 Å². The van der Waals surface area contributed by atoms with E-state index in [0.717, 1.165) is 11.3 Å². The van der Waals surface area contributed by atoms with Crippen molar-refractivity contribution in [1.29, 1.82) is 0 Å². The van der Waals surface area contributed by atoms with Gasteiger partial charge in [0.2, 0.25) is 0 Å². The van der Waals surface area contributed by atoms with Crippen LogP contribution in [0.25, 0.3) is 0 Å². The number of aliphatic imine (C=N–C) groups is 1. The van der Waals surface area contributed by atoms with Gasteiger partial charge in [-0.25, -0.2) is 0 Å². The number of nitrogens with zero attached hydrogens (tertiary/aromatic N) is 3. The highest BCUT2D eigenvalue weighted by molar-refractivity contribution is 6.16. The zero-order chi connectivity index (χ0) is 21.8. The molecule has 3 aromatic rings. The van der Waals surface area contributed by atoms with Crippen molar-refractivity contribution in [2.75, 3.05) is 25.0 Å². The number of benzene rings is 3. The number of nitrogens with one attached hydrogen (secondary N) is 1. The van der Waals surface area contributed by atoms with Crippen molar-refractivity contribution in [3.8, 4) is 0 Å². The molecular weight excluding hydrogens is 392 g/mol. The standard InChI is InChI=1S/C24H22N4O3/c1-27-20(16-26-24(29)18-10-6-3-7-11-18)15-25-23(17-8-4-2-5-9-17)21-14-19(28(30)31)12-13-22(21)27/h2-14,20H,15-16H2,1H3,(H,26,29). The fraction of sp³-hybridized carbons (Fsp3) is 0.167. The third-order valence-electron chi connectivity index (χ3n) is 5.42. The molecule has 156 valence electrons. The molecule has 1 unspecified atom stereocenters. The van der Waals surface area contributed by atoms with E-state index in [-0.39, 0.29) is 17.6 Å². The second kappa shape index (κ2) is 8.79. The normalized spacial score (nSPS) is 15.5. The lowest BCUT2D eigenvalue weighted by molar-refractivity contribution is -0.384. The third-order valence-corrected chi connectivity index (χ3v) is 5.42. The summed E-state index contributed by atoms with van der Waals surface area (Å²) in [4.78, 5) is 30.3. The van der Waals surface area contributed by atoms with E-state index in [1.807, 2.05) is 60.5 Å². The summed E-state index contributed by atoms with van der Waals surface area (Å²) < 4.78 is 0. The highest BCUT2D eigenvalue weighted by Crippen LogP contribution is 2.31. The van der Waals surface area contributed by atoms with Gasteiger partial charge in [0.25, 0.3) is 11.6 Å². The van der Waals surface area contributed by atoms with Crippen LogP contribution in [0.2, 0.25) is 0 Å².